The number of nitrogens with zero attached hydrogens (tertiary/aromatic N) is 3. The molecule has 2 heterocycles. The molecule has 2 aromatic rings. The molecule has 0 unspecified atom stereocenters. The summed E-state index contributed by atoms with van der Waals surface area (Å²) >= 11 is 0. The van der Waals surface area contributed by atoms with Gasteiger partial charge in [-0.25, -0.2) is 19.1 Å². The lowest BCUT2D eigenvalue weighted by molar-refractivity contribution is -0.138. The maximum Gasteiger partial charge on any atom is 0.360 e. The highest BCUT2D eigenvalue weighted by atomic mass is 16.5. The number of amides is 2. The van der Waals surface area contributed by atoms with Crippen molar-refractivity contribution in [3.05, 3.63) is 59.1 Å². The van der Waals surface area contributed by atoms with Crippen LogP contribution in [0.5, 0.6) is 0 Å². The van der Waals surface area contributed by atoms with Crippen LogP contribution in [0.4, 0.5) is 4.79 Å². The van der Waals surface area contributed by atoms with E-state index >= 15 is 0 Å². The number of hydrogen-bond donors (Lipinski definition) is 2. The second-order valence-corrected chi connectivity index (χ2v) is 5.85. The first kappa shape index (κ1) is 19.1. The van der Waals surface area contributed by atoms with Crippen LogP contribution < -0.4 is 10.6 Å². The Hall–Kier alpha value is -3.69. The van der Waals surface area contributed by atoms with Crippen molar-refractivity contribution in [2.24, 2.45) is 0 Å². The molecule has 2 amide bonds. The first-order chi connectivity index (χ1) is 13.6. The van der Waals surface area contributed by atoms with E-state index in [9.17, 15) is 14.4 Å². The molecule has 0 spiro atoms. The fourth-order valence-electron chi connectivity index (χ4n) is 2.52. The van der Waals surface area contributed by atoms with E-state index in [1.807, 2.05) is 30.3 Å². The summed E-state index contributed by atoms with van der Waals surface area (Å²) in [5.74, 6) is -1.31. The maximum atomic E-state index is 12.2. The Morgan fingerprint density at radius 2 is 1.96 bits per heavy atom. The number of urea groups is 1. The molecule has 0 atom stereocenters. The average Bonchev–Trinajstić information content (AvgIpc) is 3.15. The zero-order valence-electron chi connectivity index (χ0n) is 15.2. The molecule has 1 aromatic carbocycles. The van der Waals surface area contributed by atoms with Gasteiger partial charge in [-0.15, -0.1) is 5.10 Å². The quantitative estimate of drug-likeness (QED) is 0.669. The Balaban J connectivity index is 1.64. The summed E-state index contributed by atoms with van der Waals surface area (Å²) in [6.45, 7) is 2.01. The van der Waals surface area contributed by atoms with Gasteiger partial charge in [-0.3, -0.25) is 0 Å². The van der Waals surface area contributed by atoms with E-state index in [0.717, 1.165) is 5.56 Å². The summed E-state index contributed by atoms with van der Waals surface area (Å²) in [5.41, 5.74) is 1.40. The standard InChI is InChI=1S/C18H19N5O5/c1-2-27-16(24)13-8-19-18(26)20-15(13)11-28-17(25)14-10-23(22-21-14)9-12-6-4-3-5-7-12/h3-7,10H,2,8-9,11H2,1H3,(H2,19,20,26). The summed E-state index contributed by atoms with van der Waals surface area (Å²) in [7, 11) is 0. The minimum atomic E-state index is -0.720. The van der Waals surface area contributed by atoms with Crippen LogP contribution in [0.1, 0.15) is 23.0 Å². The fourth-order valence-corrected chi connectivity index (χ4v) is 2.52. The molecule has 28 heavy (non-hydrogen) atoms. The molecule has 1 aliphatic heterocycles. The number of nitrogens with one attached hydrogen (secondary N) is 2. The summed E-state index contributed by atoms with van der Waals surface area (Å²) in [6.07, 6.45) is 1.47. The van der Waals surface area contributed by atoms with Crippen molar-refractivity contribution in [2.45, 2.75) is 13.5 Å². The van der Waals surface area contributed by atoms with Gasteiger partial charge in [0.1, 0.15) is 6.61 Å². The SMILES string of the molecule is CCOC(=O)C1=C(COC(=O)c2cn(Cc3ccccc3)nn2)NC(=O)NC1. The van der Waals surface area contributed by atoms with Crippen LogP contribution in [0.15, 0.2) is 47.8 Å². The molecule has 10 nitrogen and oxygen atoms in total. The van der Waals surface area contributed by atoms with Crippen LogP contribution in [0.25, 0.3) is 0 Å². The van der Waals surface area contributed by atoms with Gasteiger partial charge >= 0.3 is 18.0 Å². The van der Waals surface area contributed by atoms with Gasteiger partial charge in [-0.2, -0.15) is 0 Å². The number of carbonyl (C=O) groups is 3. The maximum absolute atomic E-state index is 12.2. The van der Waals surface area contributed by atoms with Crippen LogP contribution >= 0.6 is 0 Å². The monoisotopic (exact) mass is 385 g/mol. The molecule has 3 rings (SSSR count). The third-order valence-corrected chi connectivity index (χ3v) is 3.86. The highest BCUT2D eigenvalue weighted by Gasteiger charge is 2.25. The van der Waals surface area contributed by atoms with Gasteiger partial charge in [0.2, 0.25) is 0 Å². The van der Waals surface area contributed by atoms with E-state index in [2.05, 4.69) is 20.9 Å². The Labute approximate surface area is 160 Å². The number of rotatable bonds is 7. The van der Waals surface area contributed by atoms with Gasteiger partial charge in [-0.1, -0.05) is 35.5 Å². The first-order valence-corrected chi connectivity index (χ1v) is 8.62. The van der Waals surface area contributed by atoms with Crippen molar-refractivity contribution >= 4 is 18.0 Å². The van der Waals surface area contributed by atoms with Crippen LogP contribution in [0, 0.1) is 0 Å². The van der Waals surface area contributed by atoms with Crippen molar-refractivity contribution < 1.29 is 23.9 Å². The van der Waals surface area contributed by atoms with Gasteiger partial charge in [0.15, 0.2) is 5.69 Å². The number of carbonyl (C=O) groups excluding carboxylic acids is 3. The topological polar surface area (TPSA) is 124 Å². The summed E-state index contributed by atoms with van der Waals surface area (Å²) in [4.78, 5) is 35.7. The summed E-state index contributed by atoms with van der Waals surface area (Å²) in [6, 6.07) is 9.10. The molecule has 0 bridgehead atoms. The van der Waals surface area contributed by atoms with E-state index in [1.54, 1.807) is 6.92 Å². The van der Waals surface area contributed by atoms with Gasteiger partial charge in [0, 0.05) is 0 Å². The van der Waals surface area contributed by atoms with Crippen LogP contribution in [-0.4, -0.2) is 52.7 Å². The van der Waals surface area contributed by atoms with Gasteiger partial charge in [0.05, 0.1) is 37.2 Å². The lowest BCUT2D eigenvalue weighted by atomic mass is 10.2. The van der Waals surface area contributed by atoms with Crippen molar-refractivity contribution in [3.8, 4) is 0 Å². The van der Waals surface area contributed by atoms with Gasteiger partial charge in [-0.05, 0) is 12.5 Å². The third kappa shape index (κ3) is 4.72. The predicted molar refractivity (Wildman–Crippen MR) is 96.0 cm³/mol. The van der Waals surface area contributed by atoms with E-state index < -0.39 is 18.0 Å². The lowest BCUT2D eigenvalue weighted by Gasteiger charge is -2.20. The minimum Gasteiger partial charge on any atom is -0.463 e. The number of esters is 2. The van der Waals surface area contributed by atoms with Gasteiger partial charge in [0.25, 0.3) is 0 Å². The van der Waals surface area contributed by atoms with Crippen molar-refractivity contribution in [2.75, 3.05) is 19.8 Å². The van der Waals surface area contributed by atoms with Gasteiger partial charge < -0.3 is 20.1 Å². The number of ether oxygens (including phenoxy) is 2. The molecule has 1 aromatic heterocycles. The molecular weight excluding hydrogens is 366 g/mol. The van der Waals surface area contributed by atoms with Crippen molar-refractivity contribution in [1.29, 1.82) is 0 Å². The number of aromatic nitrogens is 3. The zero-order chi connectivity index (χ0) is 19.9. The summed E-state index contributed by atoms with van der Waals surface area (Å²) in [5, 5.41) is 12.6. The van der Waals surface area contributed by atoms with E-state index in [1.165, 1.54) is 10.9 Å². The highest BCUT2D eigenvalue weighted by Crippen LogP contribution is 2.10. The largest absolute Gasteiger partial charge is 0.463 e. The molecule has 0 radical (unpaired) electrons. The molecule has 10 heteroatoms. The third-order valence-electron chi connectivity index (χ3n) is 3.86. The molecular formula is C18H19N5O5. The Morgan fingerprint density at radius 3 is 2.71 bits per heavy atom. The van der Waals surface area contributed by atoms with E-state index in [0.29, 0.717) is 6.54 Å². The zero-order valence-corrected chi connectivity index (χ0v) is 15.2. The molecule has 0 saturated heterocycles. The van der Waals surface area contributed by atoms with Crippen LogP contribution in [-0.2, 0) is 20.8 Å². The number of hydrogen-bond acceptors (Lipinski definition) is 7. The molecule has 0 fully saturated rings. The van der Waals surface area contributed by atoms with E-state index in [-0.39, 0.29) is 36.7 Å². The van der Waals surface area contributed by atoms with Crippen LogP contribution in [0.3, 0.4) is 0 Å². The van der Waals surface area contributed by atoms with E-state index in [4.69, 9.17) is 9.47 Å². The molecule has 2 N–H and O–H groups in total. The average molecular weight is 385 g/mol. The van der Waals surface area contributed by atoms with Crippen molar-refractivity contribution in [1.82, 2.24) is 25.6 Å². The Kier molecular flexibility index (Phi) is 6.00. The molecule has 1 aliphatic rings. The Morgan fingerprint density at radius 1 is 1.18 bits per heavy atom. The number of benzene rings is 1. The first-order valence-electron chi connectivity index (χ1n) is 8.62. The fraction of sp³-hybridized carbons (Fsp3) is 0.278. The lowest BCUT2D eigenvalue weighted by Crippen LogP contribution is -2.45. The second-order valence-electron chi connectivity index (χ2n) is 5.85. The molecule has 0 saturated carbocycles. The Bertz CT molecular complexity index is 906. The summed E-state index contributed by atoms with van der Waals surface area (Å²) < 4.78 is 11.6. The molecule has 146 valence electrons. The smallest absolute Gasteiger partial charge is 0.360 e. The van der Waals surface area contributed by atoms with Crippen molar-refractivity contribution in [3.63, 3.8) is 0 Å². The predicted octanol–water partition coefficient (Wildman–Crippen LogP) is 0.613. The molecule has 0 aliphatic carbocycles. The second kappa shape index (κ2) is 8.80. The normalized spacial score (nSPS) is 13.5. The highest BCUT2D eigenvalue weighted by molar-refractivity contribution is 5.94. The minimum absolute atomic E-state index is 0.00912. The van der Waals surface area contributed by atoms with Crippen LogP contribution in [0.2, 0.25) is 0 Å².